The lowest BCUT2D eigenvalue weighted by Gasteiger charge is -2.34. The van der Waals surface area contributed by atoms with Gasteiger partial charge in [-0.25, -0.2) is 0 Å². The second-order valence-electron chi connectivity index (χ2n) is 4.19. The van der Waals surface area contributed by atoms with Crippen molar-refractivity contribution in [3.63, 3.8) is 0 Å². The second kappa shape index (κ2) is 4.13. The Hall–Kier alpha value is 0. The van der Waals surface area contributed by atoms with Gasteiger partial charge >= 0.3 is 0 Å². The maximum Gasteiger partial charge on any atom is -0.0363 e. The van der Waals surface area contributed by atoms with E-state index in [4.69, 9.17) is 0 Å². The van der Waals surface area contributed by atoms with Crippen LogP contribution in [0.2, 0.25) is 0 Å². The van der Waals surface area contributed by atoms with Crippen LogP contribution < -0.4 is 0 Å². The van der Waals surface area contributed by atoms with E-state index in [9.17, 15) is 0 Å². The molecule has 0 aromatic carbocycles. The molecule has 0 spiro atoms. The van der Waals surface area contributed by atoms with E-state index in [1.54, 1.807) is 0 Å². The van der Waals surface area contributed by atoms with Crippen molar-refractivity contribution in [1.82, 2.24) is 0 Å². The molecule has 2 atom stereocenters. The van der Waals surface area contributed by atoms with Crippen LogP contribution in [0.5, 0.6) is 0 Å². The third-order valence-electron chi connectivity index (χ3n) is 3.32. The van der Waals surface area contributed by atoms with Gasteiger partial charge in [0.05, 0.1) is 0 Å². The van der Waals surface area contributed by atoms with Crippen LogP contribution >= 0.6 is 0 Å². The number of hydrogen-bond donors (Lipinski definition) is 0. The highest BCUT2D eigenvalue weighted by Crippen LogP contribution is 2.36. The molecule has 2 unspecified atom stereocenters. The lowest BCUT2D eigenvalue weighted by Crippen LogP contribution is -2.24. The van der Waals surface area contributed by atoms with Crippen LogP contribution in [-0.4, -0.2) is 0 Å². The first kappa shape index (κ1) is 9.09. The van der Waals surface area contributed by atoms with Gasteiger partial charge in [-0.3, -0.25) is 0 Å². The predicted octanol–water partition coefficient (Wildman–Crippen LogP) is 3.67. The van der Waals surface area contributed by atoms with E-state index < -0.39 is 0 Å². The van der Waals surface area contributed by atoms with Gasteiger partial charge in [0.25, 0.3) is 0 Å². The molecule has 1 rings (SSSR count). The van der Waals surface area contributed by atoms with Gasteiger partial charge in [0.1, 0.15) is 0 Å². The Balaban J connectivity index is 2.41. The van der Waals surface area contributed by atoms with Gasteiger partial charge in [-0.2, -0.15) is 0 Å². The van der Waals surface area contributed by atoms with Gasteiger partial charge in [0.15, 0.2) is 0 Å². The molecule has 1 aliphatic carbocycles. The molecule has 0 aromatic rings. The maximum absolute atomic E-state index is 3.95. The average Bonchev–Trinajstić information content (AvgIpc) is 1.97. The van der Waals surface area contributed by atoms with Crippen molar-refractivity contribution in [3.05, 3.63) is 6.92 Å². The Bertz CT molecular complexity index is 96.6. The van der Waals surface area contributed by atoms with Crippen LogP contribution in [0, 0.1) is 24.7 Å². The van der Waals surface area contributed by atoms with Gasteiger partial charge in [0, 0.05) is 0 Å². The lowest BCUT2D eigenvalue weighted by molar-refractivity contribution is 0.169. The highest BCUT2D eigenvalue weighted by molar-refractivity contribution is 4.77. The number of hydrogen-bond acceptors (Lipinski definition) is 0. The normalized spacial score (nSPS) is 39.0. The third kappa shape index (κ3) is 2.21. The Labute approximate surface area is 71.4 Å². The largest absolute Gasteiger partial charge is 0.0622 e. The maximum atomic E-state index is 3.95. The average molecular weight is 153 g/mol. The smallest absolute Gasteiger partial charge is 0.0363 e. The minimum absolute atomic E-state index is 0.959. The summed E-state index contributed by atoms with van der Waals surface area (Å²) in [7, 11) is 0. The summed E-state index contributed by atoms with van der Waals surface area (Å²) >= 11 is 0. The molecule has 0 saturated heterocycles. The molecule has 11 heavy (non-hydrogen) atoms. The van der Waals surface area contributed by atoms with E-state index in [1.165, 1.54) is 25.7 Å². The topological polar surface area (TPSA) is 0 Å². The molecule has 0 bridgehead atoms. The molecule has 0 heterocycles. The fraction of sp³-hybridized carbons (Fsp3) is 0.909. The van der Waals surface area contributed by atoms with Crippen LogP contribution in [0.4, 0.5) is 0 Å². The van der Waals surface area contributed by atoms with E-state index >= 15 is 0 Å². The summed E-state index contributed by atoms with van der Waals surface area (Å²) in [5.74, 6) is 2.89. The minimum Gasteiger partial charge on any atom is -0.0622 e. The minimum atomic E-state index is 0.959. The summed E-state index contributed by atoms with van der Waals surface area (Å²) in [4.78, 5) is 0. The predicted molar refractivity (Wildman–Crippen MR) is 50.3 cm³/mol. The molecule has 0 heteroatoms. The van der Waals surface area contributed by atoms with Crippen molar-refractivity contribution >= 4 is 0 Å². The van der Waals surface area contributed by atoms with Gasteiger partial charge < -0.3 is 0 Å². The fourth-order valence-corrected chi connectivity index (χ4v) is 2.56. The molecule has 0 amide bonds. The van der Waals surface area contributed by atoms with Crippen molar-refractivity contribution < 1.29 is 0 Å². The summed E-state index contributed by atoms with van der Waals surface area (Å²) < 4.78 is 0. The van der Waals surface area contributed by atoms with Crippen LogP contribution in [0.3, 0.4) is 0 Å². The van der Waals surface area contributed by atoms with Crippen molar-refractivity contribution in [2.24, 2.45) is 17.8 Å². The highest BCUT2D eigenvalue weighted by Gasteiger charge is 2.26. The second-order valence-corrected chi connectivity index (χ2v) is 4.19. The quantitative estimate of drug-likeness (QED) is 0.568. The summed E-state index contributed by atoms with van der Waals surface area (Å²) in [5.41, 5.74) is 0. The Kier molecular flexibility index (Phi) is 3.42. The fourth-order valence-electron chi connectivity index (χ4n) is 2.56. The van der Waals surface area contributed by atoms with E-state index in [1.807, 2.05) is 0 Å². The van der Waals surface area contributed by atoms with E-state index in [-0.39, 0.29) is 0 Å². The zero-order chi connectivity index (χ0) is 8.27. The highest BCUT2D eigenvalue weighted by atomic mass is 14.3. The number of rotatable bonds is 2. The molecule has 1 saturated carbocycles. The Morgan fingerprint density at radius 3 is 2.18 bits per heavy atom. The summed E-state index contributed by atoms with van der Waals surface area (Å²) in [6.45, 7) is 8.77. The molecule has 0 aliphatic heterocycles. The van der Waals surface area contributed by atoms with Crippen molar-refractivity contribution in [2.45, 2.75) is 46.0 Å². The van der Waals surface area contributed by atoms with E-state index in [2.05, 4.69) is 20.8 Å². The van der Waals surface area contributed by atoms with Gasteiger partial charge in [0.2, 0.25) is 0 Å². The van der Waals surface area contributed by atoms with Crippen molar-refractivity contribution in [1.29, 1.82) is 0 Å². The van der Waals surface area contributed by atoms with Gasteiger partial charge in [-0.1, -0.05) is 46.5 Å². The first-order chi connectivity index (χ1) is 5.25. The van der Waals surface area contributed by atoms with Gasteiger partial charge in [-0.05, 0) is 24.2 Å². The summed E-state index contributed by atoms with van der Waals surface area (Å²) in [6.07, 6.45) is 6.83. The molecule has 65 valence electrons. The molecule has 1 aliphatic rings. The zero-order valence-electron chi connectivity index (χ0n) is 7.97. The third-order valence-corrected chi connectivity index (χ3v) is 3.32. The van der Waals surface area contributed by atoms with Gasteiger partial charge in [-0.15, -0.1) is 0 Å². The SMILES string of the molecule is [CH2]CCC1C(C)CCCC1C. The summed E-state index contributed by atoms with van der Waals surface area (Å²) in [5, 5.41) is 0. The Morgan fingerprint density at radius 2 is 1.73 bits per heavy atom. The summed E-state index contributed by atoms with van der Waals surface area (Å²) in [6, 6.07) is 0. The van der Waals surface area contributed by atoms with Crippen LogP contribution in [0.25, 0.3) is 0 Å². The van der Waals surface area contributed by atoms with Crippen LogP contribution in [0.15, 0.2) is 0 Å². The first-order valence-electron chi connectivity index (χ1n) is 5.05. The molecule has 0 nitrogen and oxygen atoms in total. The zero-order valence-corrected chi connectivity index (χ0v) is 7.97. The van der Waals surface area contributed by atoms with Crippen LogP contribution in [-0.2, 0) is 0 Å². The standard InChI is InChI=1S/C11H21/c1-4-6-11-9(2)7-5-8-10(11)3/h9-11H,1,4-8H2,2-3H3. The first-order valence-corrected chi connectivity index (χ1v) is 5.05. The van der Waals surface area contributed by atoms with Crippen molar-refractivity contribution in [2.75, 3.05) is 0 Å². The monoisotopic (exact) mass is 153 g/mol. The van der Waals surface area contributed by atoms with Crippen LogP contribution in [0.1, 0.15) is 46.0 Å². The molecule has 1 radical (unpaired) electrons. The molecule has 0 N–H and O–H groups in total. The molecule has 1 fully saturated rings. The van der Waals surface area contributed by atoms with E-state index in [0.717, 1.165) is 24.2 Å². The Morgan fingerprint density at radius 1 is 1.18 bits per heavy atom. The van der Waals surface area contributed by atoms with Crippen molar-refractivity contribution in [3.8, 4) is 0 Å². The van der Waals surface area contributed by atoms with E-state index in [0.29, 0.717) is 0 Å². The molecular formula is C11H21. The molecular weight excluding hydrogens is 132 g/mol. The lowest BCUT2D eigenvalue weighted by atomic mass is 9.72. The molecule has 0 aromatic heterocycles.